The molecule has 106 valence electrons. The standard InChI is InChI=1S/C14H28N2O2/c1-14(2,9-13(17)18)11-16(4)8-6-12-5-7-15(3)10-12/h12H,5-11H2,1-4H3,(H,17,18). The molecule has 1 saturated heterocycles. The number of hydrogen-bond donors (Lipinski definition) is 1. The van der Waals surface area contributed by atoms with E-state index in [1.54, 1.807) is 0 Å². The third-order valence-electron chi connectivity index (χ3n) is 3.74. The molecule has 1 aliphatic rings. The minimum absolute atomic E-state index is 0.146. The highest BCUT2D eigenvalue weighted by Crippen LogP contribution is 2.23. The molecule has 18 heavy (non-hydrogen) atoms. The average Bonchev–Trinajstić information content (AvgIpc) is 2.58. The smallest absolute Gasteiger partial charge is 0.303 e. The number of hydrogen-bond acceptors (Lipinski definition) is 3. The Bertz CT molecular complexity index is 279. The van der Waals surface area contributed by atoms with Crippen LogP contribution < -0.4 is 0 Å². The zero-order valence-corrected chi connectivity index (χ0v) is 12.3. The van der Waals surface area contributed by atoms with Crippen molar-refractivity contribution in [1.82, 2.24) is 9.80 Å². The summed E-state index contributed by atoms with van der Waals surface area (Å²) in [4.78, 5) is 15.4. The lowest BCUT2D eigenvalue weighted by atomic mass is 9.88. The molecule has 0 aromatic carbocycles. The number of carbonyl (C=O) groups is 1. The third kappa shape index (κ3) is 5.83. The van der Waals surface area contributed by atoms with Gasteiger partial charge in [-0.05, 0) is 51.4 Å². The molecule has 1 N–H and O–H groups in total. The van der Waals surface area contributed by atoms with Crippen molar-refractivity contribution in [3.05, 3.63) is 0 Å². The van der Waals surface area contributed by atoms with Crippen LogP contribution in [0.3, 0.4) is 0 Å². The minimum Gasteiger partial charge on any atom is -0.481 e. The van der Waals surface area contributed by atoms with Crippen LogP contribution in [0.1, 0.15) is 33.1 Å². The second kappa shape index (κ2) is 6.53. The lowest BCUT2D eigenvalue weighted by Crippen LogP contribution is -2.34. The number of aliphatic carboxylic acids is 1. The summed E-state index contributed by atoms with van der Waals surface area (Å²) in [5, 5.41) is 8.87. The number of likely N-dealkylation sites (tertiary alicyclic amines) is 1. The first kappa shape index (κ1) is 15.4. The molecule has 1 rings (SSSR count). The molecule has 0 bridgehead atoms. The first-order chi connectivity index (χ1) is 8.28. The molecule has 0 saturated carbocycles. The maximum Gasteiger partial charge on any atom is 0.303 e. The van der Waals surface area contributed by atoms with Crippen molar-refractivity contribution in [2.45, 2.75) is 33.1 Å². The second-order valence-corrected chi connectivity index (χ2v) is 6.68. The van der Waals surface area contributed by atoms with E-state index in [2.05, 4.69) is 23.9 Å². The van der Waals surface area contributed by atoms with Crippen LogP contribution in [-0.4, -0.2) is 61.2 Å². The summed E-state index contributed by atoms with van der Waals surface area (Å²) in [6.07, 6.45) is 2.77. The van der Waals surface area contributed by atoms with Gasteiger partial charge in [0.1, 0.15) is 0 Å². The third-order valence-corrected chi connectivity index (χ3v) is 3.74. The molecule has 1 heterocycles. The molecular formula is C14H28N2O2. The van der Waals surface area contributed by atoms with Gasteiger partial charge in [-0.3, -0.25) is 4.79 Å². The number of carboxylic acids is 1. The van der Waals surface area contributed by atoms with E-state index in [0.717, 1.165) is 19.0 Å². The van der Waals surface area contributed by atoms with Crippen molar-refractivity contribution in [3.63, 3.8) is 0 Å². The Morgan fingerprint density at radius 1 is 1.50 bits per heavy atom. The van der Waals surface area contributed by atoms with Crippen LogP contribution in [0, 0.1) is 11.3 Å². The van der Waals surface area contributed by atoms with Gasteiger partial charge in [0.05, 0.1) is 6.42 Å². The van der Waals surface area contributed by atoms with Gasteiger partial charge in [-0.15, -0.1) is 0 Å². The Labute approximate surface area is 111 Å². The van der Waals surface area contributed by atoms with Crippen molar-refractivity contribution in [2.75, 3.05) is 40.3 Å². The van der Waals surface area contributed by atoms with Gasteiger partial charge in [0, 0.05) is 13.1 Å². The molecule has 0 radical (unpaired) electrons. The van der Waals surface area contributed by atoms with Gasteiger partial charge in [0.2, 0.25) is 0 Å². The van der Waals surface area contributed by atoms with Crippen molar-refractivity contribution in [2.24, 2.45) is 11.3 Å². The largest absolute Gasteiger partial charge is 0.481 e. The van der Waals surface area contributed by atoms with E-state index in [1.807, 2.05) is 13.8 Å². The van der Waals surface area contributed by atoms with Crippen LogP contribution in [-0.2, 0) is 4.79 Å². The van der Waals surface area contributed by atoms with E-state index in [4.69, 9.17) is 5.11 Å². The van der Waals surface area contributed by atoms with Gasteiger partial charge in [0.25, 0.3) is 0 Å². The van der Waals surface area contributed by atoms with E-state index in [-0.39, 0.29) is 11.8 Å². The fourth-order valence-corrected chi connectivity index (χ4v) is 2.94. The second-order valence-electron chi connectivity index (χ2n) is 6.68. The molecule has 1 unspecified atom stereocenters. The molecule has 1 fully saturated rings. The zero-order chi connectivity index (χ0) is 13.8. The summed E-state index contributed by atoms with van der Waals surface area (Å²) in [6, 6.07) is 0. The predicted octanol–water partition coefficient (Wildman–Crippen LogP) is 1.76. The van der Waals surface area contributed by atoms with E-state index >= 15 is 0 Å². The van der Waals surface area contributed by atoms with Crippen molar-refractivity contribution < 1.29 is 9.90 Å². The Kier molecular flexibility index (Phi) is 5.60. The highest BCUT2D eigenvalue weighted by molar-refractivity contribution is 5.67. The highest BCUT2D eigenvalue weighted by atomic mass is 16.4. The fraction of sp³-hybridized carbons (Fsp3) is 0.929. The molecule has 1 atom stereocenters. The van der Waals surface area contributed by atoms with Crippen LogP contribution in [0.25, 0.3) is 0 Å². The lowest BCUT2D eigenvalue weighted by Gasteiger charge is -2.29. The Balaban J connectivity index is 2.24. The molecule has 4 nitrogen and oxygen atoms in total. The quantitative estimate of drug-likeness (QED) is 0.754. The van der Waals surface area contributed by atoms with E-state index < -0.39 is 5.97 Å². The minimum atomic E-state index is -0.703. The fourth-order valence-electron chi connectivity index (χ4n) is 2.94. The van der Waals surface area contributed by atoms with Gasteiger partial charge in [-0.2, -0.15) is 0 Å². The summed E-state index contributed by atoms with van der Waals surface area (Å²) in [5.41, 5.74) is -0.146. The summed E-state index contributed by atoms with van der Waals surface area (Å²) in [5.74, 6) is 0.117. The SMILES string of the molecule is CN1CCC(CCN(C)CC(C)(C)CC(=O)O)C1. The molecule has 0 aliphatic carbocycles. The first-order valence-corrected chi connectivity index (χ1v) is 6.87. The summed E-state index contributed by atoms with van der Waals surface area (Å²) in [7, 11) is 4.28. The number of carboxylic acid groups (broad SMARTS) is 1. The number of rotatable bonds is 7. The van der Waals surface area contributed by atoms with Crippen LogP contribution in [0.5, 0.6) is 0 Å². The normalized spacial score (nSPS) is 21.7. The van der Waals surface area contributed by atoms with Crippen LogP contribution >= 0.6 is 0 Å². The Morgan fingerprint density at radius 3 is 2.67 bits per heavy atom. The van der Waals surface area contributed by atoms with Crippen LogP contribution in [0.15, 0.2) is 0 Å². The van der Waals surface area contributed by atoms with Crippen LogP contribution in [0.2, 0.25) is 0 Å². The van der Waals surface area contributed by atoms with Gasteiger partial charge < -0.3 is 14.9 Å². The maximum absolute atomic E-state index is 10.8. The lowest BCUT2D eigenvalue weighted by molar-refractivity contribution is -0.139. The molecule has 0 spiro atoms. The molecule has 1 aliphatic heterocycles. The van der Waals surface area contributed by atoms with Crippen molar-refractivity contribution >= 4 is 5.97 Å². The zero-order valence-electron chi connectivity index (χ0n) is 12.3. The first-order valence-electron chi connectivity index (χ1n) is 6.87. The van der Waals surface area contributed by atoms with Crippen LogP contribution in [0.4, 0.5) is 0 Å². The Morgan fingerprint density at radius 2 is 2.17 bits per heavy atom. The molecule has 0 aromatic rings. The van der Waals surface area contributed by atoms with Crippen molar-refractivity contribution in [1.29, 1.82) is 0 Å². The predicted molar refractivity (Wildman–Crippen MR) is 73.8 cm³/mol. The van der Waals surface area contributed by atoms with E-state index in [0.29, 0.717) is 0 Å². The van der Waals surface area contributed by atoms with E-state index in [1.165, 1.54) is 25.9 Å². The molecule has 0 amide bonds. The molecule has 0 aromatic heterocycles. The van der Waals surface area contributed by atoms with Gasteiger partial charge in [-0.25, -0.2) is 0 Å². The number of nitrogens with zero attached hydrogens (tertiary/aromatic N) is 2. The Hall–Kier alpha value is -0.610. The monoisotopic (exact) mass is 256 g/mol. The maximum atomic E-state index is 10.8. The average molecular weight is 256 g/mol. The molecule has 4 heteroatoms. The molecular weight excluding hydrogens is 228 g/mol. The summed E-state index contributed by atoms with van der Waals surface area (Å²) < 4.78 is 0. The summed E-state index contributed by atoms with van der Waals surface area (Å²) >= 11 is 0. The van der Waals surface area contributed by atoms with Gasteiger partial charge in [0.15, 0.2) is 0 Å². The van der Waals surface area contributed by atoms with Crippen molar-refractivity contribution in [3.8, 4) is 0 Å². The highest BCUT2D eigenvalue weighted by Gasteiger charge is 2.24. The summed E-state index contributed by atoms with van der Waals surface area (Å²) in [6.45, 7) is 8.41. The van der Waals surface area contributed by atoms with Gasteiger partial charge >= 0.3 is 5.97 Å². The van der Waals surface area contributed by atoms with Gasteiger partial charge in [-0.1, -0.05) is 13.8 Å². The topological polar surface area (TPSA) is 43.8 Å². The van der Waals surface area contributed by atoms with E-state index in [9.17, 15) is 4.79 Å².